The smallest absolute Gasteiger partial charge is 0.120 e. The fourth-order valence-corrected chi connectivity index (χ4v) is 3.07. The number of hydrogen-bond acceptors (Lipinski definition) is 2. The minimum absolute atomic E-state index is 0.219. The quantitative estimate of drug-likeness (QED) is 0.849. The average molecular weight is 231 g/mol. The lowest BCUT2D eigenvalue weighted by molar-refractivity contribution is 0.132. The number of fused-ring (bicyclic) bond motifs is 1. The van der Waals surface area contributed by atoms with Crippen molar-refractivity contribution in [2.75, 3.05) is 0 Å². The third kappa shape index (κ3) is 2.32. The Bertz CT molecular complexity index is 402. The summed E-state index contributed by atoms with van der Waals surface area (Å²) in [6.45, 7) is 0. The fraction of sp³-hybridized carbons (Fsp3) is 0.600. The maximum absolute atomic E-state index is 6.11. The number of aryl methyl sites for hydroxylation is 2. The summed E-state index contributed by atoms with van der Waals surface area (Å²) in [6, 6.07) is 6.79. The molecule has 2 unspecified atom stereocenters. The number of hydrogen-bond donors (Lipinski definition) is 1. The Morgan fingerprint density at radius 2 is 1.82 bits per heavy atom. The van der Waals surface area contributed by atoms with Gasteiger partial charge in [0.2, 0.25) is 0 Å². The van der Waals surface area contributed by atoms with Gasteiger partial charge in [-0.15, -0.1) is 0 Å². The maximum atomic E-state index is 6.11. The summed E-state index contributed by atoms with van der Waals surface area (Å²) in [5.74, 6) is 1.02. The first-order valence-corrected chi connectivity index (χ1v) is 6.87. The molecule has 3 rings (SSSR count). The van der Waals surface area contributed by atoms with Crippen molar-refractivity contribution in [2.24, 2.45) is 5.73 Å². The number of nitrogens with two attached hydrogens (primary N) is 1. The van der Waals surface area contributed by atoms with Crippen LogP contribution < -0.4 is 10.5 Å². The van der Waals surface area contributed by atoms with E-state index in [1.165, 1.54) is 43.2 Å². The largest absolute Gasteiger partial charge is 0.489 e. The van der Waals surface area contributed by atoms with E-state index in [0.29, 0.717) is 0 Å². The second kappa shape index (κ2) is 4.69. The summed E-state index contributed by atoms with van der Waals surface area (Å²) in [5.41, 5.74) is 9.10. The van der Waals surface area contributed by atoms with Gasteiger partial charge < -0.3 is 10.5 Å². The van der Waals surface area contributed by atoms with E-state index < -0.39 is 0 Å². The molecular weight excluding hydrogens is 210 g/mol. The normalized spacial score (nSPS) is 27.8. The van der Waals surface area contributed by atoms with E-state index in [4.69, 9.17) is 10.5 Å². The van der Waals surface area contributed by atoms with Gasteiger partial charge in [0.15, 0.2) is 0 Å². The highest BCUT2D eigenvalue weighted by Gasteiger charge is 2.23. The fourth-order valence-electron chi connectivity index (χ4n) is 3.07. The molecule has 2 aliphatic rings. The Morgan fingerprint density at radius 3 is 2.71 bits per heavy atom. The summed E-state index contributed by atoms with van der Waals surface area (Å²) in [5, 5.41) is 0. The zero-order valence-corrected chi connectivity index (χ0v) is 10.3. The van der Waals surface area contributed by atoms with Gasteiger partial charge in [-0.3, -0.25) is 0 Å². The van der Waals surface area contributed by atoms with Crippen molar-refractivity contribution in [2.45, 2.75) is 57.1 Å². The first kappa shape index (κ1) is 11.1. The molecule has 1 saturated carbocycles. The molecule has 0 spiro atoms. The van der Waals surface area contributed by atoms with Crippen molar-refractivity contribution >= 4 is 0 Å². The molecule has 0 amide bonds. The first-order chi connectivity index (χ1) is 8.33. The molecule has 2 heteroatoms. The zero-order valence-electron chi connectivity index (χ0n) is 10.3. The molecule has 1 aromatic rings. The predicted octanol–water partition coefficient (Wildman–Crippen LogP) is 2.82. The molecule has 0 saturated heterocycles. The molecule has 0 heterocycles. The molecule has 1 aromatic carbocycles. The van der Waals surface area contributed by atoms with Crippen LogP contribution >= 0.6 is 0 Å². The standard InChI is InChI=1S/C15H21NO/c16-14-6-1-2-7-15(14)17-13-9-8-11-4-3-5-12(11)10-13/h8-10,14-15H,1-7,16H2. The van der Waals surface area contributed by atoms with Crippen molar-refractivity contribution in [3.8, 4) is 5.75 Å². The van der Waals surface area contributed by atoms with Crippen molar-refractivity contribution in [1.29, 1.82) is 0 Å². The second-order valence-electron chi connectivity index (χ2n) is 5.39. The van der Waals surface area contributed by atoms with E-state index in [-0.39, 0.29) is 12.1 Å². The van der Waals surface area contributed by atoms with Gasteiger partial charge in [-0.05, 0) is 61.8 Å². The molecule has 2 atom stereocenters. The van der Waals surface area contributed by atoms with Gasteiger partial charge >= 0.3 is 0 Å². The van der Waals surface area contributed by atoms with Crippen LogP contribution in [0.5, 0.6) is 5.75 Å². The lowest BCUT2D eigenvalue weighted by Crippen LogP contribution is -2.41. The van der Waals surface area contributed by atoms with Gasteiger partial charge in [-0.25, -0.2) is 0 Å². The van der Waals surface area contributed by atoms with Gasteiger partial charge in [0.05, 0.1) is 0 Å². The van der Waals surface area contributed by atoms with Crippen LogP contribution in [0.2, 0.25) is 0 Å². The third-order valence-corrected chi connectivity index (χ3v) is 4.11. The van der Waals surface area contributed by atoms with Gasteiger partial charge in [0.25, 0.3) is 0 Å². The van der Waals surface area contributed by atoms with E-state index >= 15 is 0 Å². The summed E-state index contributed by atoms with van der Waals surface area (Å²) < 4.78 is 6.07. The van der Waals surface area contributed by atoms with Crippen molar-refractivity contribution < 1.29 is 4.74 Å². The molecule has 0 bridgehead atoms. The molecule has 92 valence electrons. The van der Waals surface area contributed by atoms with Crippen molar-refractivity contribution in [1.82, 2.24) is 0 Å². The first-order valence-electron chi connectivity index (χ1n) is 6.87. The van der Waals surface area contributed by atoms with E-state index in [1.54, 1.807) is 0 Å². The SMILES string of the molecule is NC1CCCCC1Oc1ccc2c(c1)CCC2. The number of benzene rings is 1. The Labute approximate surface area is 103 Å². The highest BCUT2D eigenvalue weighted by Crippen LogP contribution is 2.28. The van der Waals surface area contributed by atoms with Crippen LogP contribution in [0.1, 0.15) is 43.2 Å². The number of ether oxygens (including phenoxy) is 1. The minimum atomic E-state index is 0.219. The van der Waals surface area contributed by atoms with Crippen molar-refractivity contribution in [3.63, 3.8) is 0 Å². The number of rotatable bonds is 2. The molecule has 0 aliphatic heterocycles. The second-order valence-corrected chi connectivity index (χ2v) is 5.39. The van der Waals surface area contributed by atoms with Crippen LogP contribution in [-0.4, -0.2) is 12.1 Å². The molecule has 0 radical (unpaired) electrons. The van der Waals surface area contributed by atoms with Crippen LogP contribution in [-0.2, 0) is 12.8 Å². The van der Waals surface area contributed by atoms with Crippen LogP contribution in [0.25, 0.3) is 0 Å². The minimum Gasteiger partial charge on any atom is -0.489 e. The predicted molar refractivity (Wildman–Crippen MR) is 69.3 cm³/mol. The molecule has 2 aliphatic carbocycles. The molecule has 1 fully saturated rings. The van der Waals surface area contributed by atoms with Crippen LogP contribution in [0.15, 0.2) is 18.2 Å². The summed E-state index contributed by atoms with van der Waals surface area (Å²) in [6.07, 6.45) is 8.69. The van der Waals surface area contributed by atoms with E-state index in [1.807, 2.05) is 0 Å². The molecular formula is C15H21NO. The monoisotopic (exact) mass is 231 g/mol. The molecule has 2 N–H and O–H groups in total. The molecule has 2 nitrogen and oxygen atoms in total. The third-order valence-electron chi connectivity index (χ3n) is 4.11. The average Bonchev–Trinajstić information content (AvgIpc) is 2.79. The summed E-state index contributed by atoms with van der Waals surface area (Å²) >= 11 is 0. The van der Waals surface area contributed by atoms with Crippen LogP contribution in [0.3, 0.4) is 0 Å². The molecule has 0 aromatic heterocycles. The topological polar surface area (TPSA) is 35.2 Å². The zero-order chi connectivity index (χ0) is 11.7. The highest BCUT2D eigenvalue weighted by atomic mass is 16.5. The van der Waals surface area contributed by atoms with E-state index in [0.717, 1.165) is 18.6 Å². The maximum Gasteiger partial charge on any atom is 0.120 e. The van der Waals surface area contributed by atoms with Gasteiger partial charge in [0, 0.05) is 6.04 Å². The van der Waals surface area contributed by atoms with E-state index in [2.05, 4.69) is 18.2 Å². The Hall–Kier alpha value is -1.02. The van der Waals surface area contributed by atoms with Gasteiger partial charge in [-0.2, -0.15) is 0 Å². The highest BCUT2D eigenvalue weighted by molar-refractivity contribution is 5.38. The summed E-state index contributed by atoms with van der Waals surface area (Å²) in [4.78, 5) is 0. The Morgan fingerprint density at radius 1 is 1.00 bits per heavy atom. The summed E-state index contributed by atoms with van der Waals surface area (Å²) in [7, 11) is 0. The molecule has 17 heavy (non-hydrogen) atoms. The van der Waals surface area contributed by atoms with Gasteiger partial charge in [0.1, 0.15) is 11.9 Å². The Kier molecular flexibility index (Phi) is 3.06. The lowest BCUT2D eigenvalue weighted by Gasteiger charge is -2.29. The van der Waals surface area contributed by atoms with Crippen LogP contribution in [0.4, 0.5) is 0 Å². The van der Waals surface area contributed by atoms with Crippen LogP contribution in [0, 0.1) is 0 Å². The van der Waals surface area contributed by atoms with Crippen molar-refractivity contribution in [3.05, 3.63) is 29.3 Å². The Balaban J connectivity index is 1.72. The van der Waals surface area contributed by atoms with Gasteiger partial charge in [-0.1, -0.05) is 12.5 Å². The lowest BCUT2D eigenvalue weighted by atomic mass is 9.93. The van der Waals surface area contributed by atoms with E-state index in [9.17, 15) is 0 Å².